The maximum Gasteiger partial charge on any atom is 0.251 e. The van der Waals surface area contributed by atoms with Crippen molar-refractivity contribution in [2.24, 2.45) is 0 Å². The van der Waals surface area contributed by atoms with Crippen LogP contribution in [0, 0.1) is 0 Å². The van der Waals surface area contributed by atoms with Gasteiger partial charge in [0.05, 0.1) is 11.9 Å². The average molecular weight is 241 g/mol. The monoisotopic (exact) mass is 241 g/mol. The maximum atomic E-state index is 4.52. The molecule has 3 aromatic heterocycles. The van der Waals surface area contributed by atoms with Crippen molar-refractivity contribution >= 4 is 5.78 Å². The number of nitrogens with zero attached hydrogens (tertiary/aromatic N) is 4. The Labute approximate surface area is 105 Å². The zero-order valence-corrected chi connectivity index (χ0v) is 10.7. The molecule has 0 bridgehead atoms. The van der Waals surface area contributed by atoms with Crippen molar-refractivity contribution in [2.75, 3.05) is 0 Å². The van der Waals surface area contributed by atoms with Gasteiger partial charge in [0.15, 0.2) is 5.82 Å². The quantitative estimate of drug-likeness (QED) is 0.711. The number of H-pyrrole nitrogens is 1. The molecule has 0 unspecified atom stereocenters. The molecule has 0 saturated heterocycles. The van der Waals surface area contributed by atoms with Crippen molar-refractivity contribution in [3.8, 4) is 11.5 Å². The minimum absolute atomic E-state index is 0.0275. The van der Waals surface area contributed by atoms with Crippen molar-refractivity contribution in [1.29, 1.82) is 0 Å². The highest BCUT2D eigenvalue weighted by molar-refractivity contribution is 5.51. The van der Waals surface area contributed by atoms with Crippen molar-refractivity contribution in [3.05, 3.63) is 36.3 Å². The molecule has 0 spiro atoms. The van der Waals surface area contributed by atoms with Crippen molar-refractivity contribution in [3.63, 3.8) is 0 Å². The van der Waals surface area contributed by atoms with Crippen LogP contribution in [0.1, 0.15) is 26.5 Å². The summed E-state index contributed by atoms with van der Waals surface area (Å²) >= 11 is 0. The Morgan fingerprint density at radius 1 is 1.17 bits per heavy atom. The van der Waals surface area contributed by atoms with E-state index in [9.17, 15) is 0 Å². The van der Waals surface area contributed by atoms with Gasteiger partial charge in [-0.2, -0.15) is 4.98 Å². The molecule has 0 saturated carbocycles. The first-order chi connectivity index (χ1) is 8.54. The molecule has 0 aliphatic rings. The minimum Gasteiger partial charge on any atom is -0.273 e. The highest BCUT2D eigenvalue weighted by Crippen LogP contribution is 2.22. The van der Waals surface area contributed by atoms with Crippen LogP contribution in [0.5, 0.6) is 0 Å². The highest BCUT2D eigenvalue weighted by atomic mass is 15.3. The van der Waals surface area contributed by atoms with Crippen LogP contribution < -0.4 is 0 Å². The Bertz CT molecular complexity index is 641. The van der Waals surface area contributed by atoms with Gasteiger partial charge in [-0.15, -0.1) is 0 Å². The molecule has 3 rings (SSSR count). The Hall–Kier alpha value is -2.17. The Morgan fingerprint density at radius 3 is 2.61 bits per heavy atom. The molecule has 0 aromatic carbocycles. The smallest absolute Gasteiger partial charge is 0.251 e. The van der Waals surface area contributed by atoms with Crippen LogP contribution in [-0.4, -0.2) is 24.6 Å². The molecule has 3 heterocycles. The van der Waals surface area contributed by atoms with Crippen LogP contribution in [0.2, 0.25) is 0 Å². The third kappa shape index (κ3) is 1.77. The van der Waals surface area contributed by atoms with Crippen molar-refractivity contribution < 1.29 is 0 Å². The molecule has 0 atom stereocenters. The van der Waals surface area contributed by atoms with Gasteiger partial charge in [-0.05, 0) is 12.1 Å². The third-order valence-electron chi connectivity index (χ3n) is 2.80. The van der Waals surface area contributed by atoms with E-state index < -0.39 is 0 Å². The second-order valence-electron chi connectivity index (χ2n) is 5.33. The molecule has 18 heavy (non-hydrogen) atoms. The van der Waals surface area contributed by atoms with Crippen LogP contribution in [0.4, 0.5) is 0 Å². The summed E-state index contributed by atoms with van der Waals surface area (Å²) in [6.07, 6.45) is 3.73. The standard InChI is InChI=1S/C13H15N5/c1-13(2,3)10-8-18-12(15-10)16-11(17-18)9-6-4-5-7-14-9/h4-8H,1-3H3,(H,15,16,17). The van der Waals surface area contributed by atoms with E-state index in [2.05, 4.69) is 40.8 Å². The molecule has 0 amide bonds. The van der Waals surface area contributed by atoms with Crippen LogP contribution in [0.15, 0.2) is 30.6 Å². The second kappa shape index (κ2) is 3.66. The number of rotatable bonds is 1. The fourth-order valence-corrected chi connectivity index (χ4v) is 1.75. The normalized spacial score (nSPS) is 12.2. The van der Waals surface area contributed by atoms with Crippen molar-refractivity contribution in [1.82, 2.24) is 24.6 Å². The molecule has 0 fully saturated rings. The lowest BCUT2D eigenvalue weighted by atomic mass is 9.93. The number of aromatic amines is 1. The topological polar surface area (TPSA) is 58.9 Å². The Balaban J connectivity index is 2.07. The zero-order chi connectivity index (χ0) is 12.8. The first kappa shape index (κ1) is 11.0. The number of hydrogen-bond donors (Lipinski definition) is 1. The molecule has 5 nitrogen and oxygen atoms in total. The van der Waals surface area contributed by atoms with E-state index in [4.69, 9.17) is 0 Å². The first-order valence-corrected chi connectivity index (χ1v) is 5.91. The number of pyridine rings is 1. The Morgan fingerprint density at radius 2 is 2.00 bits per heavy atom. The predicted octanol–water partition coefficient (Wildman–Crippen LogP) is 2.42. The van der Waals surface area contributed by atoms with Gasteiger partial charge in [-0.3, -0.25) is 10.1 Å². The average Bonchev–Trinajstić information content (AvgIpc) is 2.86. The lowest BCUT2D eigenvalue weighted by Crippen LogP contribution is -2.11. The summed E-state index contributed by atoms with van der Waals surface area (Å²) in [7, 11) is 0. The van der Waals surface area contributed by atoms with Gasteiger partial charge in [-0.1, -0.05) is 26.8 Å². The van der Waals surface area contributed by atoms with E-state index in [1.807, 2.05) is 28.9 Å². The van der Waals surface area contributed by atoms with Gasteiger partial charge in [0.2, 0.25) is 0 Å². The van der Waals surface area contributed by atoms with E-state index in [-0.39, 0.29) is 5.41 Å². The lowest BCUT2D eigenvalue weighted by Gasteiger charge is -2.13. The van der Waals surface area contributed by atoms with Gasteiger partial charge in [0.1, 0.15) is 5.69 Å². The molecule has 3 aromatic rings. The van der Waals surface area contributed by atoms with E-state index in [1.165, 1.54) is 0 Å². The Kier molecular flexibility index (Phi) is 2.23. The number of nitrogens with one attached hydrogen (secondary N) is 1. The van der Waals surface area contributed by atoms with Gasteiger partial charge in [0.25, 0.3) is 5.78 Å². The molecular weight excluding hydrogens is 226 g/mol. The number of hydrogen-bond acceptors (Lipinski definition) is 3. The van der Waals surface area contributed by atoms with Crippen LogP contribution in [0.25, 0.3) is 17.3 Å². The molecule has 0 aliphatic carbocycles. The summed E-state index contributed by atoms with van der Waals surface area (Å²) in [6.45, 7) is 6.40. The van der Waals surface area contributed by atoms with Crippen molar-refractivity contribution in [2.45, 2.75) is 26.2 Å². The van der Waals surface area contributed by atoms with E-state index >= 15 is 0 Å². The molecule has 1 N–H and O–H groups in total. The van der Waals surface area contributed by atoms with Crippen LogP contribution in [0.3, 0.4) is 0 Å². The number of imidazole rings is 1. The SMILES string of the molecule is CC(C)(C)c1cn2[nH]c(-c3ccccn3)nc2n1. The predicted molar refractivity (Wildman–Crippen MR) is 69.3 cm³/mol. The number of fused-ring (bicyclic) bond motifs is 1. The molecule has 0 radical (unpaired) electrons. The summed E-state index contributed by atoms with van der Waals surface area (Å²) in [5.41, 5.74) is 1.87. The second-order valence-corrected chi connectivity index (χ2v) is 5.33. The van der Waals surface area contributed by atoms with Crippen LogP contribution >= 0.6 is 0 Å². The number of aromatic nitrogens is 5. The van der Waals surface area contributed by atoms with Gasteiger partial charge >= 0.3 is 0 Å². The summed E-state index contributed by atoms with van der Waals surface area (Å²) < 4.78 is 1.84. The maximum absolute atomic E-state index is 4.52. The van der Waals surface area contributed by atoms with Gasteiger partial charge in [0, 0.05) is 11.6 Å². The largest absolute Gasteiger partial charge is 0.273 e. The van der Waals surface area contributed by atoms with Gasteiger partial charge in [-0.25, -0.2) is 9.50 Å². The zero-order valence-electron chi connectivity index (χ0n) is 10.7. The fraction of sp³-hybridized carbons (Fsp3) is 0.308. The summed E-state index contributed by atoms with van der Waals surface area (Å²) in [5, 5.41) is 3.18. The highest BCUT2D eigenvalue weighted by Gasteiger charge is 2.19. The molecule has 92 valence electrons. The first-order valence-electron chi connectivity index (χ1n) is 5.91. The summed E-state index contributed by atoms with van der Waals surface area (Å²) in [4.78, 5) is 13.2. The third-order valence-corrected chi connectivity index (χ3v) is 2.80. The molecule has 5 heteroatoms. The van der Waals surface area contributed by atoms with E-state index in [1.54, 1.807) is 6.20 Å². The minimum atomic E-state index is 0.0275. The van der Waals surface area contributed by atoms with Gasteiger partial charge < -0.3 is 0 Å². The van der Waals surface area contributed by atoms with Crippen LogP contribution in [-0.2, 0) is 5.41 Å². The molecular formula is C13H15N5. The summed E-state index contributed by atoms with van der Waals surface area (Å²) in [6, 6.07) is 5.74. The summed E-state index contributed by atoms with van der Waals surface area (Å²) in [5.74, 6) is 1.42. The van der Waals surface area contributed by atoms with E-state index in [0.717, 1.165) is 17.2 Å². The molecule has 0 aliphatic heterocycles. The lowest BCUT2D eigenvalue weighted by molar-refractivity contribution is 0.572. The van der Waals surface area contributed by atoms with E-state index in [0.29, 0.717) is 5.78 Å². The fourth-order valence-electron chi connectivity index (χ4n) is 1.75.